The molecule has 0 aliphatic rings. The molecule has 4 heteroatoms. The molecule has 0 saturated heterocycles. The van der Waals surface area contributed by atoms with Gasteiger partial charge in [-0.1, -0.05) is 11.2 Å². The van der Waals surface area contributed by atoms with Crippen LogP contribution in [0.25, 0.3) is 11.0 Å². The number of rotatable bonds is 3. The van der Waals surface area contributed by atoms with Crippen molar-refractivity contribution >= 4 is 11.0 Å². The van der Waals surface area contributed by atoms with E-state index in [0.717, 1.165) is 24.0 Å². The van der Waals surface area contributed by atoms with Gasteiger partial charge in [0.25, 0.3) is 0 Å². The molecular formula is C11H14N2O2. The molecule has 0 aliphatic heterocycles. The summed E-state index contributed by atoms with van der Waals surface area (Å²) in [6.07, 6.45) is 0.775. The summed E-state index contributed by atoms with van der Waals surface area (Å²) in [7, 11) is 4.00. The van der Waals surface area contributed by atoms with Crippen LogP contribution in [-0.4, -0.2) is 35.8 Å². The highest BCUT2D eigenvalue weighted by molar-refractivity contribution is 5.85. The molecule has 0 spiro atoms. The summed E-state index contributed by atoms with van der Waals surface area (Å²) in [6, 6.07) is 5.21. The monoisotopic (exact) mass is 206 g/mol. The molecule has 1 heterocycles. The summed E-state index contributed by atoms with van der Waals surface area (Å²) < 4.78 is 5.13. The Kier molecular flexibility index (Phi) is 2.60. The number of phenols is 1. The molecule has 0 atom stereocenters. The van der Waals surface area contributed by atoms with Gasteiger partial charge in [-0.05, 0) is 26.2 Å². The summed E-state index contributed by atoms with van der Waals surface area (Å²) in [5, 5.41) is 14.4. The van der Waals surface area contributed by atoms with Gasteiger partial charge in [0.15, 0.2) is 5.58 Å². The minimum atomic E-state index is 0.238. The first-order valence-electron chi connectivity index (χ1n) is 4.89. The molecule has 15 heavy (non-hydrogen) atoms. The van der Waals surface area contributed by atoms with Gasteiger partial charge < -0.3 is 14.5 Å². The highest BCUT2D eigenvalue weighted by Crippen LogP contribution is 2.27. The summed E-state index contributed by atoms with van der Waals surface area (Å²) in [6.45, 7) is 0.885. The Labute approximate surface area is 88.1 Å². The Morgan fingerprint density at radius 3 is 2.93 bits per heavy atom. The van der Waals surface area contributed by atoms with Crippen LogP contribution in [0.15, 0.2) is 22.7 Å². The Balaban J connectivity index is 2.35. The zero-order chi connectivity index (χ0) is 10.8. The van der Waals surface area contributed by atoms with Gasteiger partial charge in [-0.2, -0.15) is 0 Å². The smallest absolute Gasteiger partial charge is 0.170 e. The number of nitrogens with zero attached hydrogens (tertiary/aromatic N) is 2. The van der Waals surface area contributed by atoms with E-state index in [4.69, 9.17) is 4.52 Å². The number of likely N-dealkylation sites (N-methyl/N-ethyl adjacent to an activating group) is 1. The number of benzene rings is 1. The van der Waals surface area contributed by atoms with Gasteiger partial charge in [0, 0.05) is 13.0 Å². The third-order valence-electron chi connectivity index (χ3n) is 2.34. The van der Waals surface area contributed by atoms with Crippen LogP contribution in [0.1, 0.15) is 5.69 Å². The zero-order valence-electron chi connectivity index (χ0n) is 8.90. The van der Waals surface area contributed by atoms with Gasteiger partial charge >= 0.3 is 0 Å². The highest BCUT2D eigenvalue weighted by atomic mass is 16.5. The van der Waals surface area contributed by atoms with Crippen molar-refractivity contribution in [2.45, 2.75) is 6.42 Å². The van der Waals surface area contributed by atoms with Gasteiger partial charge in [-0.15, -0.1) is 0 Å². The minimum absolute atomic E-state index is 0.238. The van der Waals surface area contributed by atoms with Crippen molar-refractivity contribution in [3.05, 3.63) is 23.9 Å². The zero-order valence-corrected chi connectivity index (χ0v) is 8.90. The molecule has 1 aromatic heterocycles. The molecule has 4 nitrogen and oxygen atoms in total. The summed E-state index contributed by atoms with van der Waals surface area (Å²) in [4.78, 5) is 2.07. The Morgan fingerprint density at radius 2 is 2.20 bits per heavy atom. The third kappa shape index (κ3) is 1.94. The van der Waals surface area contributed by atoms with E-state index < -0.39 is 0 Å². The maximum Gasteiger partial charge on any atom is 0.170 e. The van der Waals surface area contributed by atoms with Crippen LogP contribution in [0.5, 0.6) is 5.75 Å². The molecule has 0 saturated carbocycles. The first kappa shape index (κ1) is 9.98. The molecule has 0 radical (unpaired) electrons. The first-order chi connectivity index (χ1) is 7.18. The fourth-order valence-electron chi connectivity index (χ4n) is 1.54. The fraction of sp³-hybridized carbons (Fsp3) is 0.364. The van der Waals surface area contributed by atoms with E-state index >= 15 is 0 Å². The van der Waals surface area contributed by atoms with Crippen LogP contribution in [-0.2, 0) is 6.42 Å². The van der Waals surface area contributed by atoms with Crippen molar-refractivity contribution in [3.8, 4) is 5.75 Å². The molecule has 0 fully saturated rings. The SMILES string of the molecule is CN(C)CCc1noc2cccc(O)c12. The van der Waals surface area contributed by atoms with Gasteiger partial charge in [-0.25, -0.2) is 0 Å². The number of phenolic OH excluding ortho intramolecular Hbond substituents is 1. The predicted molar refractivity (Wildman–Crippen MR) is 57.9 cm³/mol. The Hall–Kier alpha value is -1.55. The van der Waals surface area contributed by atoms with Crippen molar-refractivity contribution in [1.29, 1.82) is 0 Å². The van der Waals surface area contributed by atoms with Gasteiger partial charge in [0.2, 0.25) is 0 Å². The number of aromatic nitrogens is 1. The molecule has 0 unspecified atom stereocenters. The topological polar surface area (TPSA) is 49.5 Å². The second kappa shape index (κ2) is 3.90. The van der Waals surface area contributed by atoms with Crippen LogP contribution in [0.4, 0.5) is 0 Å². The molecular weight excluding hydrogens is 192 g/mol. The minimum Gasteiger partial charge on any atom is -0.507 e. The lowest BCUT2D eigenvalue weighted by atomic mass is 10.1. The van der Waals surface area contributed by atoms with Crippen molar-refractivity contribution < 1.29 is 9.63 Å². The largest absolute Gasteiger partial charge is 0.507 e. The van der Waals surface area contributed by atoms with Crippen molar-refractivity contribution in [2.24, 2.45) is 0 Å². The Morgan fingerprint density at radius 1 is 1.40 bits per heavy atom. The summed E-state index contributed by atoms with van der Waals surface area (Å²) in [5.74, 6) is 0.238. The van der Waals surface area contributed by atoms with E-state index in [0.29, 0.717) is 5.58 Å². The lowest BCUT2D eigenvalue weighted by Crippen LogP contribution is -2.15. The van der Waals surface area contributed by atoms with E-state index in [9.17, 15) is 5.11 Å². The van der Waals surface area contributed by atoms with Gasteiger partial charge in [0.1, 0.15) is 5.75 Å². The number of hydrogen-bond donors (Lipinski definition) is 1. The maximum atomic E-state index is 9.69. The van der Waals surface area contributed by atoms with E-state index in [2.05, 4.69) is 10.1 Å². The summed E-state index contributed by atoms with van der Waals surface area (Å²) in [5.41, 5.74) is 1.46. The molecule has 0 bridgehead atoms. The van der Waals surface area contributed by atoms with Crippen LogP contribution < -0.4 is 0 Å². The highest BCUT2D eigenvalue weighted by Gasteiger charge is 2.11. The molecule has 1 aromatic carbocycles. The lowest BCUT2D eigenvalue weighted by Gasteiger charge is -2.06. The standard InChI is InChI=1S/C11H14N2O2/c1-13(2)7-6-8-11-9(14)4-3-5-10(11)15-12-8/h3-5,14H,6-7H2,1-2H3. The predicted octanol–water partition coefficient (Wildman–Crippen LogP) is 1.64. The number of aromatic hydroxyl groups is 1. The maximum absolute atomic E-state index is 9.69. The third-order valence-corrected chi connectivity index (χ3v) is 2.34. The van der Waals surface area contributed by atoms with Crippen LogP contribution in [0, 0.1) is 0 Å². The van der Waals surface area contributed by atoms with Gasteiger partial charge in [-0.3, -0.25) is 0 Å². The second-order valence-electron chi connectivity index (χ2n) is 3.83. The quantitative estimate of drug-likeness (QED) is 0.829. The normalized spacial score (nSPS) is 11.4. The van der Waals surface area contributed by atoms with Crippen LogP contribution in [0.2, 0.25) is 0 Å². The molecule has 0 aliphatic carbocycles. The first-order valence-corrected chi connectivity index (χ1v) is 4.89. The van der Waals surface area contributed by atoms with Gasteiger partial charge in [0.05, 0.1) is 11.1 Å². The van der Waals surface area contributed by atoms with E-state index in [1.165, 1.54) is 0 Å². The van der Waals surface area contributed by atoms with E-state index in [-0.39, 0.29) is 5.75 Å². The lowest BCUT2D eigenvalue weighted by molar-refractivity contribution is 0.398. The fourth-order valence-corrected chi connectivity index (χ4v) is 1.54. The van der Waals surface area contributed by atoms with Crippen molar-refractivity contribution in [3.63, 3.8) is 0 Å². The average Bonchev–Trinajstić information content (AvgIpc) is 2.59. The van der Waals surface area contributed by atoms with Crippen molar-refractivity contribution in [1.82, 2.24) is 10.1 Å². The molecule has 80 valence electrons. The average molecular weight is 206 g/mol. The van der Waals surface area contributed by atoms with Crippen molar-refractivity contribution in [2.75, 3.05) is 20.6 Å². The molecule has 1 N–H and O–H groups in total. The summed E-state index contributed by atoms with van der Waals surface area (Å²) >= 11 is 0. The van der Waals surface area contributed by atoms with E-state index in [1.807, 2.05) is 14.1 Å². The van der Waals surface area contributed by atoms with Crippen LogP contribution >= 0.6 is 0 Å². The van der Waals surface area contributed by atoms with Crippen LogP contribution in [0.3, 0.4) is 0 Å². The number of fused-ring (bicyclic) bond motifs is 1. The molecule has 2 aromatic rings. The Bertz CT molecular complexity index is 463. The van der Waals surface area contributed by atoms with E-state index in [1.54, 1.807) is 18.2 Å². The molecule has 2 rings (SSSR count). The number of hydrogen-bond acceptors (Lipinski definition) is 4. The second-order valence-corrected chi connectivity index (χ2v) is 3.83. The molecule has 0 amide bonds.